The van der Waals surface area contributed by atoms with Gasteiger partial charge < -0.3 is 0 Å². The zero-order valence-corrected chi connectivity index (χ0v) is 12.2. The molecule has 0 aliphatic carbocycles. The summed E-state index contributed by atoms with van der Waals surface area (Å²) in [6, 6.07) is 3.70. The second-order valence-corrected chi connectivity index (χ2v) is 6.24. The quantitative estimate of drug-likeness (QED) is 0.657. The van der Waals surface area contributed by atoms with Crippen LogP contribution in [-0.4, -0.2) is 19.4 Å². The van der Waals surface area contributed by atoms with Gasteiger partial charge in [-0.1, -0.05) is 0 Å². The lowest BCUT2D eigenvalue weighted by Crippen LogP contribution is -2.32. The first-order chi connectivity index (χ1) is 9.19. The molecule has 1 aromatic carbocycles. The first kappa shape index (κ1) is 16.1. The molecule has 0 saturated heterocycles. The van der Waals surface area contributed by atoms with Crippen molar-refractivity contribution in [2.45, 2.75) is 38.1 Å². The first-order valence-electron chi connectivity index (χ1n) is 5.84. The highest BCUT2D eigenvalue weighted by Crippen LogP contribution is 2.25. The number of benzene rings is 1. The second kappa shape index (κ2) is 5.98. The van der Waals surface area contributed by atoms with Crippen molar-refractivity contribution in [3.05, 3.63) is 33.4 Å². The molecule has 0 heterocycles. The number of aryl methyl sites for hydroxylation is 1. The van der Waals surface area contributed by atoms with Crippen LogP contribution < -0.4 is 4.72 Å². The third-order valence-electron chi connectivity index (χ3n) is 2.87. The molecule has 1 unspecified atom stereocenters. The molecule has 1 aromatic rings. The monoisotopic (exact) mass is 297 g/mol. The van der Waals surface area contributed by atoms with E-state index in [1.165, 1.54) is 6.07 Å². The Hall–Kier alpha value is -1.98. The fourth-order valence-electron chi connectivity index (χ4n) is 1.66. The van der Waals surface area contributed by atoms with E-state index in [0.29, 0.717) is 11.1 Å². The van der Waals surface area contributed by atoms with E-state index in [9.17, 15) is 18.5 Å². The number of sulfonamides is 1. The van der Waals surface area contributed by atoms with Gasteiger partial charge in [0.15, 0.2) is 0 Å². The lowest BCUT2D eigenvalue weighted by molar-refractivity contribution is -0.385. The molecule has 0 aliphatic rings. The molecule has 0 aromatic heterocycles. The third-order valence-corrected chi connectivity index (χ3v) is 4.44. The average molecular weight is 297 g/mol. The van der Waals surface area contributed by atoms with Gasteiger partial charge in [0, 0.05) is 17.7 Å². The molecule has 8 heteroatoms. The molecule has 1 rings (SSSR count). The summed E-state index contributed by atoms with van der Waals surface area (Å²) < 4.78 is 26.5. The fraction of sp³-hybridized carbons (Fsp3) is 0.417. The van der Waals surface area contributed by atoms with Crippen molar-refractivity contribution in [1.29, 1.82) is 5.26 Å². The highest BCUT2D eigenvalue weighted by molar-refractivity contribution is 7.89. The van der Waals surface area contributed by atoms with E-state index >= 15 is 0 Å². The molecule has 1 atom stereocenters. The highest BCUT2D eigenvalue weighted by atomic mass is 32.2. The molecule has 0 saturated carbocycles. The number of nitro groups is 1. The maximum Gasteiger partial charge on any atom is 0.273 e. The van der Waals surface area contributed by atoms with Crippen LogP contribution in [0.1, 0.15) is 24.5 Å². The van der Waals surface area contributed by atoms with Crippen molar-refractivity contribution in [1.82, 2.24) is 4.72 Å². The van der Waals surface area contributed by atoms with Gasteiger partial charge in [0.05, 0.1) is 22.3 Å². The van der Waals surface area contributed by atoms with Crippen LogP contribution in [0.25, 0.3) is 0 Å². The van der Waals surface area contributed by atoms with Crippen molar-refractivity contribution in [3.8, 4) is 6.07 Å². The summed E-state index contributed by atoms with van der Waals surface area (Å²) >= 11 is 0. The van der Waals surface area contributed by atoms with E-state index < -0.39 is 21.0 Å². The van der Waals surface area contributed by atoms with E-state index in [0.717, 1.165) is 6.07 Å². The van der Waals surface area contributed by atoms with Gasteiger partial charge in [-0.25, -0.2) is 13.1 Å². The summed E-state index contributed by atoms with van der Waals surface area (Å²) in [5, 5.41) is 19.5. The standard InChI is InChI=1S/C12H15N3O4S/c1-8-6-11(7-12(10(8)3)15(16)17)20(18,19)14-9(2)4-5-13/h6-7,9,14H,4H2,1-3H3. The largest absolute Gasteiger partial charge is 0.273 e. The van der Waals surface area contributed by atoms with Gasteiger partial charge in [-0.3, -0.25) is 10.1 Å². The fourth-order valence-corrected chi connectivity index (χ4v) is 3.01. The first-order valence-corrected chi connectivity index (χ1v) is 7.32. The number of nitro benzene ring substituents is 1. The number of nitrogens with zero attached hydrogens (tertiary/aromatic N) is 2. The number of nitriles is 1. The summed E-state index contributed by atoms with van der Waals surface area (Å²) in [5.41, 5.74) is 0.713. The van der Waals surface area contributed by atoms with Gasteiger partial charge in [-0.15, -0.1) is 0 Å². The minimum Gasteiger partial charge on any atom is -0.258 e. The van der Waals surface area contributed by atoms with Crippen molar-refractivity contribution in [3.63, 3.8) is 0 Å². The minimum absolute atomic E-state index is 0.0200. The molecule has 20 heavy (non-hydrogen) atoms. The van der Waals surface area contributed by atoms with Gasteiger partial charge in [0.1, 0.15) is 0 Å². The predicted molar refractivity (Wildman–Crippen MR) is 72.6 cm³/mol. The maximum absolute atomic E-state index is 12.1. The minimum atomic E-state index is -3.88. The number of rotatable bonds is 5. The molecule has 0 radical (unpaired) electrons. The van der Waals surface area contributed by atoms with Crippen LogP contribution in [-0.2, 0) is 10.0 Å². The van der Waals surface area contributed by atoms with Crippen LogP contribution in [0, 0.1) is 35.3 Å². The molecule has 1 N–H and O–H groups in total. The normalized spacial score (nSPS) is 12.7. The highest BCUT2D eigenvalue weighted by Gasteiger charge is 2.23. The molecule has 0 spiro atoms. The lowest BCUT2D eigenvalue weighted by Gasteiger charge is -2.12. The van der Waals surface area contributed by atoms with Gasteiger partial charge in [0.2, 0.25) is 10.0 Å². The van der Waals surface area contributed by atoms with Crippen LogP contribution >= 0.6 is 0 Å². The predicted octanol–water partition coefficient (Wildman–Crippen LogP) is 1.79. The number of hydrogen-bond donors (Lipinski definition) is 1. The third kappa shape index (κ3) is 3.53. The Morgan fingerprint density at radius 2 is 2.05 bits per heavy atom. The van der Waals surface area contributed by atoms with Crippen LogP contribution in [0.2, 0.25) is 0 Å². The van der Waals surface area contributed by atoms with E-state index in [1.807, 2.05) is 6.07 Å². The molecular formula is C12H15N3O4S. The Morgan fingerprint density at radius 1 is 1.45 bits per heavy atom. The Morgan fingerprint density at radius 3 is 2.55 bits per heavy atom. The molecule has 0 bridgehead atoms. The van der Waals surface area contributed by atoms with Gasteiger partial charge in [0.25, 0.3) is 5.69 Å². The molecule has 0 aliphatic heterocycles. The summed E-state index contributed by atoms with van der Waals surface area (Å²) in [7, 11) is -3.88. The second-order valence-electron chi connectivity index (χ2n) is 4.53. The van der Waals surface area contributed by atoms with Crippen LogP contribution in [0.3, 0.4) is 0 Å². The molecule has 0 amide bonds. The Balaban J connectivity index is 3.27. The summed E-state index contributed by atoms with van der Waals surface area (Å²) in [4.78, 5) is 10.1. The smallest absolute Gasteiger partial charge is 0.258 e. The van der Waals surface area contributed by atoms with E-state index in [2.05, 4.69) is 4.72 Å². The Bertz CT molecular complexity index is 677. The van der Waals surface area contributed by atoms with E-state index in [4.69, 9.17) is 5.26 Å². The molecule has 0 fully saturated rings. The Kier molecular flexibility index (Phi) is 4.81. The van der Waals surface area contributed by atoms with Crippen molar-refractivity contribution >= 4 is 15.7 Å². The molecule has 7 nitrogen and oxygen atoms in total. The van der Waals surface area contributed by atoms with Crippen LogP contribution in [0.5, 0.6) is 0 Å². The molecule has 108 valence electrons. The van der Waals surface area contributed by atoms with E-state index in [1.54, 1.807) is 20.8 Å². The van der Waals surface area contributed by atoms with Crippen LogP contribution in [0.4, 0.5) is 5.69 Å². The van der Waals surface area contributed by atoms with Crippen LogP contribution in [0.15, 0.2) is 17.0 Å². The summed E-state index contributed by atoms with van der Waals surface area (Å²) in [6.07, 6.45) is 0.0200. The number of nitrogens with one attached hydrogen (secondary N) is 1. The van der Waals surface area contributed by atoms with Crippen molar-refractivity contribution in [2.75, 3.05) is 0 Å². The van der Waals surface area contributed by atoms with E-state index in [-0.39, 0.29) is 17.0 Å². The van der Waals surface area contributed by atoms with Gasteiger partial charge in [-0.05, 0) is 32.4 Å². The number of hydrogen-bond acceptors (Lipinski definition) is 5. The summed E-state index contributed by atoms with van der Waals surface area (Å²) in [5.74, 6) is 0. The van der Waals surface area contributed by atoms with Crippen molar-refractivity contribution < 1.29 is 13.3 Å². The topological polar surface area (TPSA) is 113 Å². The lowest BCUT2D eigenvalue weighted by atomic mass is 10.1. The zero-order chi connectivity index (χ0) is 15.5. The SMILES string of the molecule is Cc1cc(S(=O)(=O)NC(C)CC#N)cc([N+](=O)[O-])c1C. The van der Waals surface area contributed by atoms with Crippen molar-refractivity contribution in [2.24, 2.45) is 0 Å². The van der Waals surface area contributed by atoms with Gasteiger partial charge >= 0.3 is 0 Å². The summed E-state index contributed by atoms with van der Waals surface area (Å²) in [6.45, 7) is 4.73. The van der Waals surface area contributed by atoms with Gasteiger partial charge in [-0.2, -0.15) is 5.26 Å². The average Bonchev–Trinajstić information content (AvgIpc) is 2.31. The zero-order valence-electron chi connectivity index (χ0n) is 11.4. The Labute approximate surface area is 117 Å². The maximum atomic E-state index is 12.1. The molecular weight excluding hydrogens is 282 g/mol.